The molecule has 0 rings (SSSR count). The van der Waals surface area contributed by atoms with Gasteiger partial charge >= 0.3 is 11.9 Å². The van der Waals surface area contributed by atoms with Crippen molar-refractivity contribution in [1.29, 1.82) is 0 Å². The minimum absolute atomic E-state index is 0.00104. The SMILES string of the molecule is CC/C=C/C/C=C/C/C=C/C/C=C/CCCCCCCCCCCCC(=O)OCC(COCCC(C(=O)[O-])[N+](C)(C)C)OC(=O)C/C=C/C/C=C/C/C=C/CC. The van der Waals surface area contributed by atoms with Gasteiger partial charge in [-0.2, -0.15) is 0 Å². The van der Waals surface area contributed by atoms with E-state index in [9.17, 15) is 19.5 Å². The van der Waals surface area contributed by atoms with Crippen molar-refractivity contribution >= 4 is 17.9 Å². The van der Waals surface area contributed by atoms with Crippen molar-refractivity contribution < 1.29 is 38.2 Å². The molecule has 8 heteroatoms. The molecule has 2 atom stereocenters. The summed E-state index contributed by atoms with van der Waals surface area (Å²) in [4.78, 5) is 36.6. The number of unbranched alkanes of at least 4 members (excludes halogenated alkanes) is 10. The van der Waals surface area contributed by atoms with Crippen LogP contribution in [0.4, 0.5) is 0 Å². The Labute approximate surface area is 342 Å². The van der Waals surface area contributed by atoms with Crippen LogP contribution in [-0.4, -0.2) is 75.5 Å². The monoisotopic (exact) mass is 782 g/mol. The lowest BCUT2D eigenvalue weighted by molar-refractivity contribution is -0.889. The number of carboxylic acids is 1. The van der Waals surface area contributed by atoms with Gasteiger partial charge in [0.1, 0.15) is 12.6 Å². The molecule has 0 amide bonds. The molecule has 8 nitrogen and oxygen atoms in total. The first-order valence-corrected chi connectivity index (χ1v) is 21.6. The van der Waals surface area contributed by atoms with Crippen LogP contribution in [0.3, 0.4) is 0 Å². The van der Waals surface area contributed by atoms with Crippen molar-refractivity contribution in [2.75, 3.05) is 41.0 Å². The highest BCUT2D eigenvalue weighted by atomic mass is 16.6. The van der Waals surface area contributed by atoms with Crippen LogP contribution >= 0.6 is 0 Å². The van der Waals surface area contributed by atoms with Crippen molar-refractivity contribution in [2.24, 2.45) is 0 Å². The number of aliphatic carboxylic acids is 1. The minimum Gasteiger partial charge on any atom is -0.544 e. The molecule has 0 bridgehead atoms. The fourth-order valence-electron chi connectivity index (χ4n) is 5.77. The van der Waals surface area contributed by atoms with E-state index < -0.39 is 24.1 Å². The number of ether oxygens (including phenoxy) is 3. The Morgan fingerprint density at radius 1 is 0.554 bits per heavy atom. The van der Waals surface area contributed by atoms with E-state index in [1.54, 1.807) is 27.2 Å². The topological polar surface area (TPSA) is 102 Å². The molecule has 0 aliphatic heterocycles. The zero-order valence-corrected chi connectivity index (χ0v) is 36.0. The van der Waals surface area contributed by atoms with E-state index in [0.717, 1.165) is 70.6 Å². The summed E-state index contributed by atoms with van der Waals surface area (Å²) in [5.41, 5.74) is 0. The number of likely N-dealkylation sites (N-methyl/N-ethyl adjacent to an activating group) is 1. The maximum absolute atomic E-state index is 12.6. The fourth-order valence-corrected chi connectivity index (χ4v) is 5.77. The van der Waals surface area contributed by atoms with Crippen LogP contribution in [0.1, 0.15) is 149 Å². The van der Waals surface area contributed by atoms with E-state index in [1.807, 2.05) is 12.2 Å². The molecule has 0 radical (unpaired) electrons. The molecule has 0 spiro atoms. The molecule has 0 saturated carbocycles. The summed E-state index contributed by atoms with van der Waals surface area (Å²) in [6.45, 7) is 4.29. The number of nitrogens with zero attached hydrogens (tertiary/aromatic N) is 1. The van der Waals surface area contributed by atoms with Gasteiger partial charge in [-0.05, 0) is 64.2 Å². The quantitative estimate of drug-likeness (QED) is 0.0268. The number of rotatable bonds is 37. The van der Waals surface area contributed by atoms with Gasteiger partial charge in [0.05, 0.1) is 46.7 Å². The summed E-state index contributed by atoms with van der Waals surface area (Å²) in [7, 11) is 5.36. The summed E-state index contributed by atoms with van der Waals surface area (Å²) < 4.78 is 17.0. The van der Waals surface area contributed by atoms with Gasteiger partial charge in [0.25, 0.3) is 0 Å². The lowest BCUT2D eigenvalue weighted by atomic mass is 10.1. The van der Waals surface area contributed by atoms with Gasteiger partial charge in [-0.15, -0.1) is 0 Å². The molecule has 0 N–H and O–H groups in total. The lowest BCUT2D eigenvalue weighted by Gasteiger charge is -2.34. The number of esters is 2. The predicted molar refractivity (Wildman–Crippen MR) is 231 cm³/mol. The van der Waals surface area contributed by atoms with E-state index in [1.165, 1.54) is 44.9 Å². The summed E-state index contributed by atoms with van der Waals surface area (Å²) in [5.74, 6) is -1.91. The Balaban J connectivity index is 4.25. The van der Waals surface area contributed by atoms with E-state index in [2.05, 4.69) is 80.7 Å². The minimum atomic E-state index is -1.14. The van der Waals surface area contributed by atoms with Crippen molar-refractivity contribution in [2.45, 2.75) is 161 Å². The molecular formula is C48H79NO7. The average Bonchev–Trinajstić information content (AvgIpc) is 3.15. The second-order valence-electron chi connectivity index (χ2n) is 15.2. The van der Waals surface area contributed by atoms with Gasteiger partial charge in [0, 0.05) is 12.8 Å². The smallest absolute Gasteiger partial charge is 0.310 e. The molecule has 0 aromatic carbocycles. The second kappa shape index (κ2) is 38.4. The average molecular weight is 782 g/mol. The fraction of sp³-hybridized carbons (Fsp3) is 0.646. The molecule has 0 aromatic rings. The molecule has 0 heterocycles. The molecule has 0 fully saturated rings. The standard InChI is InChI=1S/C48H79NO7/c1-6-8-10-12-14-16-17-18-19-20-21-22-23-24-25-26-27-28-29-31-32-34-36-38-46(50)55-43-44(42-54-41-40-45(48(52)53)49(3,4)5)56-47(51)39-37-35-33-30-15-13-11-9-7-2/h8-11,14-16,18-19,21-22,30,35,37,44-45H,6-7,12-13,17,20,23-29,31-34,36,38-43H2,1-5H3/b10-8+,11-9+,16-14+,19-18+,22-21+,30-15+,37-35+. The summed E-state index contributed by atoms with van der Waals surface area (Å²) in [6, 6.07) is -0.742. The highest BCUT2D eigenvalue weighted by molar-refractivity contribution is 5.71. The molecule has 0 aliphatic rings. The van der Waals surface area contributed by atoms with Crippen LogP contribution in [0.15, 0.2) is 85.1 Å². The normalized spacial score (nSPS) is 13.8. The van der Waals surface area contributed by atoms with Gasteiger partial charge in [0.2, 0.25) is 0 Å². The first-order chi connectivity index (χ1) is 27.1. The third kappa shape index (κ3) is 36.2. The number of quaternary nitrogens is 1. The Bertz CT molecular complexity index is 1190. The van der Waals surface area contributed by atoms with Crippen molar-refractivity contribution in [3.63, 3.8) is 0 Å². The highest BCUT2D eigenvalue weighted by Crippen LogP contribution is 2.13. The summed E-state index contributed by atoms with van der Waals surface area (Å²) >= 11 is 0. The summed E-state index contributed by atoms with van der Waals surface area (Å²) in [5, 5.41) is 11.6. The van der Waals surface area contributed by atoms with Crippen LogP contribution in [0.5, 0.6) is 0 Å². The number of allylic oxidation sites excluding steroid dienone is 13. The maximum Gasteiger partial charge on any atom is 0.310 e. The lowest BCUT2D eigenvalue weighted by Crippen LogP contribution is -2.55. The van der Waals surface area contributed by atoms with Crippen molar-refractivity contribution in [3.05, 3.63) is 85.1 Å². The van der Waals surface area contributed by atoms with Gasteiger partial charge in [-0.1, -0.05) is 150 Å². The molecule has 0 saturated heterocycles. The van der Waals surface area contributed by atoms with Crippen molar-refractivity contribution in [3.8, 4) is 0 Å². The predicted octanol–water partition coefficient (Wildman–Crippen LogP) is 10.4. The number of carbonyl (C=O) groups is 3. The van der Waals surface area contributed by atoms with Gasteiger partial charge in [-0.3, -0.25) is 9.59 Å². The van der Waals surface area contributed by atoms with E-state index in [-0.39, 0.29) is 43.1 Å². The van der Waals surface area contributed by atoms with E-state index >= 15 is 0 Å². The second-order valence-corrected chi connectivity index (χ2v) is 15.2. The first-order valence-electron chi connectivity index (χ1n) is 21.6. The van der Waals surface area contributed by atoms with Crippen LogP contribution in [0, 0.1) is 0 Å². The third-order valence-corrected chi connectivity index (χ3v) is 9.06. The Hall–Kier alpha value is -3.49. The Morgan fingerprint density at radius 2 is 1.00 bits per heavy atom. The third-order valence-electron chi connectivity index (χ3n) is 9.06. The first kappa shape index (κ1) is 52.5. The Morgan fingerprint density at radius 3 is 1.48 bits per heavy atom. The number of hydrogen-bond acceptors (Lipinski definition) is 7. The maximum atomic E-state index is 12.6. The van der Waals surface area contributed by atoms with E-state index in [4.69, 9.17) is 14.2 Å². The van der Waals surface area contributed by atoms with E-state index in [0.29, 0.717) is 6.42 Å². The number of carboxylic acid groups (broad SMARTS) is 1. The van der Waals surface area contributed by atoms with Crippen LogP contribution in [0.25, 0.3) is 0 Å². The molecule has 318 valence electrons. The van der Waals surface area contributed by atoms with Crippen molar-refractivity contribution in [1.82, 2.24) is 0 Å². The molecular weight excluding hydrogens is 703 g/mol. The van der Waals surface area contributed by atoms with Gasteiger partial charge in [-0.25, -0.2) is 0 Å². The zero-order chi connectivity index (χ0) is 41.4. The van der Waals surface area contributed by atoms with Crippen LogP contribution < -0.4 is 5.11 Å². The molecule has 0 aliphatic carbocycles. The molecule has 0 aromatic heterocycles. The zero-order valence-electron chi connectivity index (χ0n) is 36.0. The number of hydrogen-bond donors (Lipinski definition) is 0. The Kier molecular flexibility index (Phi) is 36.0. The van der Waals surface area contributed by atoms with Crippen LogP contribution in [-0.2, 0) is 28.6 Å². The van der Waals surface area contributed by atoms with Gasteiger partial charge in [0.15, 0.2) is 6.10 Å². The summed E-state index contributed by atoms with van der Waals surface area (Å²) in [6.07, 6.45) is 49.5. The molecule has 56 heavy (non-hydrogen) atoms. The highest BCUT2D eigenvalue weighted by Gasteiger charge is 2.25. The largest absolute Gasteiger partial charge is 0.544 e. The number of carbonyl (C=O) groups excluding carboxylic acids is 3. The molecule has 2 unspecified atom stereocenters. The van der Waals surface area contributed by atoms with Gasteiger partial charge < -0.3 is 28.6 Å². The van der Waals surface area contributed by atoms with Crippen LogP contribution in [0.2, 0.25) is 0 Å².